The molecule has 1 aliphatic heterocycles. The van der Waals surface area contributed by atoms with E-state index in [4.69, 9.17) is 11.6 Å². The van der Waals surface area contributed by atoms with Crippen LogP contribution in [0.5, 0.6) is 0 Å². The number of halogens is 2. The molecule has 1 atom stereocenters. The maximum absolute atomic E-state index is 13.9. The van der Waals surface area contributed by atoms with Crippen molar-refractivity contribution in [1.82, 2.24) is 5.32 Å². The van der Waals surface area contributed by atoms with Crippen molar-refractivity contribution in [3.05, 3.63) is 34.1 Å². The van der Waals surface area contributed by atoms with Crippen molar-refractivity contribution in [3.8, 4) is 0 Å². The molecule has 1 N–H and O–H groups in total. The molecule has 1 nitrogen and oxygen atoms in total. The number of hydrogen-bond acceptors (Lipinski definition) is 1. The quantitative estimate of drug-likeness (QED) is 0.863. The smallest absolute Gasteiger partial charge is 0.145 e. The van der Waals surface area contributed by atoms with Crippen molar-refractivity contribution < 1.29 is 4.39 Å². The molecule has 1 aromatic carbocycles. The van der Waals surface area contributed by atoms with Gasteiger partial charge in [-0.2, -0.15) is 0 Å². The fourth-order valence-electron chi connectivity index (χ4n) is 2.59. The van der Waals surface area contributed by atoms with E-state index in [-0.39, 0.29) is 16.8 Å². The summed E-state index contributed by atoms with van der Waals surface area (Å²) in [5.41, 5.74) is 1.87. The van der Waals surface area contributed by atoms with Gasteiger partial charge < -0.3 is 5.32 Å². The average molecular weight is 270 g/mol. The molecule has 0 amide bonds. The predicted octanol–water partition coefficient (Wildman–Crippen LogP) is 4.29. The number of rotatable bonds is 3. The Morgan fingerprint density at radius 3 is 2.78 bits per heavy atom. The zero-order valence-corrected chi connectivity index (χ0v) is 11.9. The van der Waals surface area contributed by atoms with E-state index in [1.807, 2.05) is 19.9 Å². The molecule has 0 radical (unpaired) electrons. The SMILES string of the molecule is CC(C)c1cc(CC2CCCCN2)cc(Cl)c1F. The van der Waals surface area contributed by atoms with E-state index < -0.39 is 0 Å². The zero-order chi connectivity index (χ0) is 13.1. The van der Waals surface area contributed by atoms with Gasteiger partial charge in [0.2, 0.25) is 0 Å². The Morgan fingerprint density at radius 1 is 1.39 bits per heavy atom. The summed E-state index contributed by atoms with van der Waals surface area (Å²) in [5, 5.41) is 3.77. The third kappa shape index (κ3) is 3.24. The van der Waals surface area contributed by atoms with Crippen LogP contribution in [0.15, 0.2) is 12.1 Å². The molecule has 1 fully saturated rings. The Hall–Kier alpha value is -0.600. The summed E-state index contributed by atoms with van der Waals surface area (Å²) in [7, 11) is 0. The van der Waals surface area contributed by atoms with E-state index >= 15 is 0 Å². The Bertz CT molecular complexity index is 411. The van der Waals surface area contributed by atoms with Crippen LogP contribution in [-0.2, 0) is 6.42 Å². The van der Waals surface area contributed by atoms with E-state index in [1.54, 1.807) is 6.07 Å². The fourth-order valence-corrected chi connectivity index (χ4v) is 2.84. The van der Waals surface area contributed by atoms with Gasteiger partial charge in [0.1, 0.15) is 5.82 Å². The first kappa shape index (κ1) is 13.8. The summed E-state index contributed by atoms with van der Waals surface area (Å²) in [6.45, 7) is 5.09. The van der Waals surface area contributed by atoms with Crippen molar-refractivity contribution >= 4 is 11.6 Å². The van der Waals surface area contributed by atoms with Crippen molar-refractivity contribution in [2.45, 2.75) is 51.5 Å². The highest BCUT2D eigenvalue weighted by Crippen LogP contribution is 2.27. The van der Waals surface area contributed by atoms with Gasteiger partial charge in [0.15, 0.2) is 0 Å². The van der Waals surface area contributed by atoms with Crippen LogP contribution in [0.3, 0.4) is 0 Å². The second-order valence-corrected chi connectivity index (χ2v) is 5.89. The maximum atomic E-state index is 13.9. The summed E-state index contributed by atoms with van der Waals surface area (Å²) in [4.78, 5) is 0. The third-order valence-electron chi connectivity index (χ3n) is 3.63. The highest BCUT2D eigenvalue weighted by molar-refractivity contribution is 6.30. The van der Waals surface area contributed by atoms with Gasteiger partial charge >= 0.3 is 0 Å². The summed E-state index contributed by atoms with van der Waals surface area (Å²) in [5.74, 6) is -0.0891. The highest BCUT2D eigenvalue weighted by atomic mass is 35.5. The normalized spacial score (nSPS) is 20.4. The van der Waals surface area contributed by atoms with Crippen LogP contribution in [0.2, 0.25) is 5.02 Å². The molecule has 1 saturated heterocycles. The van der Waals surface area contributed by atoms with Crippen LogP contribution in [-0.4, -0.2) is 12.6 Å². The predicted molar refractivity (Wildman–Crippen MR) is 74.8 cm³/mol. The summed E-state index contributed by atoms with van der Waals surface area (Å²) < 4.78 is 13.9. The molecule has 0 bridgehead atoms. The van der Waals surface area contributed by atoms with Crippen molar-refractivity contribution in [2.75, 3.05) is 6.54 Å². The van der Waals surface area contributed by atoms with Gasteiger partial charge in [0.25, 0.3) is 0 Å². The van der Waals surface area contributed by atoms with Gasteiger partial charge in [-0.05, 0) is 48.9 Å². The third-order valence-corrected chi connectivity index (χ3v) is 3.91. The molecule has 3 heteroatoms. The molecule has 18 heavy (non-hydrogen) atoms. The summed E-state index contributed by atoms with van der Waals surface area (Å²) in [6.07, 6.45) is 4.69. The average Bonchev–Trinajstić information content (AvgIpc) is 2.34. The van der Waals surface area contributed by atoms with Gasteiger partial charge in [-0.1, -0.05) is 37.9 Å². The van der Waals surface area contributed by atoms with Crippen LogP contribution in [0, 0.1) is 5.82 Å². The van der Waals surface area contributed by atoms with Crippen molar-refractivity contribution in [1.29, 1.82) is 0 Å². The van der Waals surface area contributed by atoms with E-state index in [9.17, 15) is 4.39 Å². The lowest BCUT2D eigenvalue weighted by Crippen LogP contribution is -2.35. The zero-order valence-electron chi connectivity index (χ0n) is 11.1. The molecule has 0 aromatic heterocycles. The standard InChI is InChI=1S/C15H21ClFN/c1-10(2)13-8-11(9-14(16)15(13)17)7-12-5-3-4-6-18-12/h8-10,12,18H,3-7H2,1-2H3. The first-order valence-corrected chi connectivity index (χ1v) is 7.17. The second-order valence-electron chi connectivity index (χ2n) is 5.49. The van der Waals surface area contributed by atoms with Gasteiger partial charge in [0, 0.05) is 6.04 Å². The van der Waals surface area contributed by atoms with Crippen LogP contribution in [0.1, 0.15) is 50.2 Å². The minimum atomic E-state index is -0.257. The van der Waals surface area contributed by atoms with Crippen LogP contribution in [0.25, 0.3) is 0 Å². The molecule has 1 aliphatic rings. The molecule has 1 unspecified atom stereocenters. The largest absolute Gasteiger partial charge is 0.314 e. The van der Waals surface area contributed by atoms with Crippen LogP contribution in [0.4, 0.5) is 4.39 Å². The minimum Gasteiger partial charge on any atom is -0.314 e. The topological polar surface area (TPSA) is 12.0 Å². The van der Waals surface area contributed by atoms with Gasteiger partial charge in [-0.3, -0.25) is 0 Å². The molecule has 1 aromatic rings. The van der Waals surface area contributed by atoms with Crippen molar-refractivity contribution in [2.24, 2.45) is 0 Å². The summed E-state index contributed by atoms with van der Waals surface area (Å²) in [6, 6.07) is 4.27. The second kappa shape index (κ2) is 6.03. The highest BCUT2D eigenvalue weighted by Gasteiger charge is 2.16. The number of nitrogens with one attached hydrogen (secondary N) is 1. The van der Waals surface area contributed by atoms with E-state index in [2.05, 4.69) is 5.32 Å². The number of piperidine rings is 1. The first-order chi connectivity index (χ1) is 8.58. The molecule has 1 heterocycles. The molecular weight excluding hydrogens is 249 g/mol. The molecule has 0 saturated carbocycles. The minimum absolute atomic E-state index is 0.168. The Morgan fingerprint density at radius 2 is 2.17 bits per heavy atom. The fraction of sp³-hybridized carbons (Fsp3) is 0.600. The van der Waals surface area contributed by atoms with Gasteiger partial charge in [-0.25, -0.2) is 4.39 Å². The molecule has 0 spiro atoms. The lowest BCUT2D eigenvalue weighted by molar-refractivity contribution is 0.399. The summed E-state index contributed by atoms with van der Waals surface area (Å²) >= 11 is 5.99. The molecule has 0 aliphatic carbocycles. The van der Waals surface area contributed by atoms with E-state index in [0.29, 0.717) is 6.04 Å². The molecule has 100 valence electrons. The van der Waals surface area contributed by atoms with E-state index in [0.717, 1.165) is 24.1 Å². The van der Waals surface area contributed by atoms with Crippen LogP contribution < -0.4 is 5.32 Å². The first-order valence-electron chi connectivity index (χ1n) is 6.79. The lowest BCUT2D eigenvalue weighted by Gasteiger charge is -2.24. The molecule has 2 rings (SSSR count). The Labute approximate surface area is 114 Å². The van der Waals surface area contributed by atoms with Crippen molar-refractivity contribution in [3.63, 3.8) is 0 Å². The van der Waals surface area contributed by atoms with E-state index in [1.165, 1.54) is 19.3 Å². The van der Waals surface area contributed by atoms with Gasteiger partial charge in [0.05, 0.1) is 5.02 Å². The Kier molecular flexibility index (Phi) is 4.63. The number of benzene rings is 1. The monoisotopic (exact) mass is 269 g/mol. The van der Waals surface area contributed by atoms with Crippen LogP contribution >= 0.6 is 11.6 Å². The lowest BCUT2D eigenvalue weighted by atomic mass is 9.94. The molecular formula is C15H21ClFN. The van der Waals surface area contributed by atoms with Gasteiger partial charge in [-0.15, -0.1) is 0 Å². The number of hydrogen-bond donors (Lipinski definition) is 1. The Balaban J connectivity index is 2.17. The maximum Gasteiger partial charge on any atom is 0.145 e.